The highest BCUT2D eigenvalue weighted by Gasteiger charge is 2.26. The number of nitrogens with one attached hydrogen (secondary N) is 2. The molecule has 4 heteroatoms. The van der Waals surface area contributed by atoms with Gasteiger partial charge >= 0.3 is 0 Å². The van der Waals surface area contributed by atoms with E-state index in [2.05, 4.69) is 23.6 Å². The number of hydrogen-bond donors (Lipinski definition) is 2. The maximum atomic E-state index is 12.1. The molecule has 0 radical (unpaired) electrons. The van der Waals surface area contributed by atoms with Gasteiger partial charge in [-0.3, -0.25) is 4.79 Å². The van der Waals surface area contributed by atoms with E-state index in [1.54, 1.807) is 11.3 Å². The molecule has 0 spiro atoms. The summed E-state index contributed by atoms with van der Waals surface area (Å²) in [4.78, 5) is 13.3. The lowest BCUT2D eigenvalue weighted by atomic mass is 10.0. The number of anilines is 1. The zero-order valence-corrected chi connectivity index (χ0v) is 11.1. The molecule has 1 aromatic carbocycles. The van der Waals surface area contributed by atoms with Crippen LogP contribution in [0, 0.1) is 13.8 Å². The number of carbonyl (C=O) groups excluding carboxylic acids is 1. The van der Waals surface area contributed by atoms with E-state index in [0.29, 0.717) is 0 Å². The van der Waals surface area contributed by atoms with Gasteiger partial charge in [0.2, 0.25) is 0 Å². The van der Waals surface area contributed by atoms with Gasteiger partial charge in [0.05, 0.1) is 11.3 Å². The predicted molar refractivity (Wildman–Crippen MR) is 74.1 cm³/mol. The molecule has 2 N–H and O–H groups in total. The van der Waals surface area contributed by atoms with E-state index in [4.69, 9.17) is 0 Å². The number of thiophene rings is 1. The van der Waals surface area contributed by atoms with E-state index in [0.717, 1.165) is 21.7 Å². The van der Waals surface area contributed by atoms with Crippen molar-refractivity contribution in [1.29, 1.82) is 0 Å². The Morgan fingerprint density at radius 3 is 2.67 bits per heavy atom. The summed E-state index contributed by atoms with van der Waals surface area (Å²) in [6.07, 6.45) is -0.119. The zero-order chi connectivity index (χ0) is 12.7. The molecule has 3 nitrogen and oxygen atoms in total. The van der Waals surface area contributed by atoms with Crippen molar-refractivity contribution in [1.82, 2.24) is 5.32 Å². The molecule has 1 aliphatic heterocycles. The zero-order valence-electron chi connectivity index (χ0n) is 10.3. The van der Waals surface area contributed by atoms with Crippen molar-refractivity contribution in [2.45, 2.75) is 20.0 Å². The summed E-state index contributed by atoms with van der Waals surface area (Å²) in [7, 11) is 0. The Balaban J connectivity index is 2.04. The van der Waals surface area contributed by atoms with Gasteiger partial charge in [-0.05, 0) is 42.5 Å². The summed E-state index contributed by atoms with van der Waals surface area (Å²) in [5.41, 5.74) is 3.97. The number of fused-ring (bicyclic) bond motifs is 1. The van der Waals surface area contributed by atoms with Crippen LogP contribution < -0.4 is 10.6 Å². The Morgan fingerprint density at radius 1 is 1.11 bits per heavy atom. The molecule has 0 bridgehead atoms. The fourth-order valence-electron chi connectivity index (χ4n) is 2.25. The van der Waals surface area contributed by atoms with Crippen LogP contribution in [0.5, 0.6) is 0 Å². The molecule has 0 saturated carbocycles. The van der Waals surface area contributed by atoms with Crippen molar-refractivity contribution < 1.29 is 4.79 Å². The molecular formula is C14H14N2OS. The number of hydrogen-bond acceptors (Lipinski definition) is 3. The van der Waals surface area contributed by atoms with Crippen molar-refractivity contribution in [2.24, 2.45) is 0 Å². The number of rotatable bonds is 1. The van der Waals surface area contributed by atoms with Crippen molar-refractivity contribution in [3.05, 3.63) is 51.2 Å². The number of para-hydroxylation sites is 1. The third-order valence-electron chi connectivity index (χ3n) is 3.25. The molecule has 0 fully saturated rings. The normalized spacial score (nSPS) is 17.9. The maximum Gasteiger partial charge on any atom is 0.255 e. The number of benzene rings is 1. The van der Waals surface area contributed by atoms with Gasteiger partial charge in [0, 0.05) is 4.88 Å². The highest BCUT2D eigenvalue weighted by Crippen LogP contribution is 2.32. The lowest BCUT2D eigenvalue weighted by Crippen LogP contribution is -2.38. The monoisotopic (exact) mass is 258 g/mol. The Kier molecular flexibility index (Phi) is 2.59. The van der Waals surface area contributed by atoms with Crippen LogP contribution in [0.2, 0.25) is 0 Å². The molecule has 0 saturated heterocycles. The van der Waals surface area contributed by atoms with Crippen LogP contribution in [0.4, 0.5) is 5.69 Å². The van der Waals surface area contributed by atoms with E-state index < -0.39 is 0 Å². The van der Waals surface area contributed by atoms with Crippen LogP contribution in [0.15, 0.2) is 29.6 Å². The SMILES string of the molecule is Cc1ccsc1[C@@H]1NC(=O)c2cccc(C)c2N1. The molecule has 1 aromatic heterocycles. The van der Waals surface area contributed by atoms with Crippen LogP contribution in [0.1, 0.15) is 32.5 Å². The summed E-state index contributed by atoms with van der Waals surface area (Å²) >= 11 is 1.66. The Morgan fingerprint density at radius 2 is 1.94 bits per heavy atom. The van der Waals surface area contributed by atoms with Gasteiger partial charge in [-0.15, -0.1) is 11.3 Å². The molecule has 2 heterocycles. The second kappa shape index (κ2) is 4.14. The van der Waals surface area contributed by atoms with Crippen molar-refractivity contribution in [3.8, 4) is 0 Å². The van der Waals surface area contributed by atoms with Gasteiger partial charge in [-0.25, -0.2) is 0 Å². The largest absolute Gasteiger partial charge is 0.360 e. The van der Waals surface area contributed by atoms with E-state index in [1.165, 1.54) is 5.56 Å². The first-order chi connectivity index (χ1) is 8.66. The lowest BCUT2D eigenvalue weighted by molar-refractivity contribution is 0.0936. The Labute approximate surface area is 110 Å². The minimum absolute atomic E-state index is 0.00903. The summed E-state index contributed by atoms with van der Waals surface area (Å²) in [5.74, 6) is -0.00903. The first-order valence-electron chi connectivity index (χ1n) is 5.88. The highest BCUT2D eigenvalue weighted by atomic mass is 32.1. The van der Waals surface area contributed by atoms with Gasteiger partial charge in [0.15, 0.2) is 0 Å². The topological polar surface area (TPSA) is 41.1 Å². The standard InChI is InChI=1S/C14H14N2OS/c1-8-4-3-5-10-11(8)15-13(16-14(10)17)12-9(2)6-7-18-12/h3-7,13,15H,1-2H3,(H,16,17)/t13-/m0/s1. The summed E-state index contributed by atoms with van der Waals surface area (Å²) in [6, 6.07) is 7.85. The maximum absolute atomic E-state index is 12.1. The third kappa shape index (κ3) is 1.69. The smallest absolute Gasteiger partial charge is 0.255 e. The average molecular weight is 258 g/mol. The average Bonchev–Trinajstić information content (AvgIpc) is 2.77. The highest BCUT2D eigenvalue weighted by molar-refractivity contribution is 7.10. The van der Waals surface area contributed by atoms with E-state index in [-0.39, 0.29) is 12.1 Å². The second-order valence-electron chi connectivity index (χ2n) is 4.52. The molecule has 0 unspecified atom stereocenters. The van der Waals surface area contributed by atoms with Crippen LogP contribution >= 0.6 is 11.3 Å². The Bertz CT molecular complexity index is 618. The van der Waals surface area contributed by atoms with Crippen molar-refractivity contribution >= 4 is 22.9 Å². The molecule has 1 atom stereocenters. The van der Waals surface area contributed by atoms with Gasteiger partial charge < -0.3 is 10.6 Å². The minimum Gasteiger partial charge on any atom is -0.360 e. The quantitative estimate of drug-likeness (QED) is 0.824. The first-order valence-corrected chi connectivity index (χ1v) is 6.76. The van der Waals surface area contributed by atoms with Crippen molar-refractivity contribution in [3.63, 3.8) is 0 Å². The summed E-state index contributed by atoms with van der Waals surface area (Å²) < 4.78 is 0. The summed E-state index contributed by atoms with van der Waals surface area (Å²) in [6.45, 7) is 4.08. The van der Waals surface area contributed by atoms with Crippen LogP contribution in [0.3, 0.4) is 0 Å². The van der Waals surface area contributed by atoms with Crippen molar-refractivity contribution in [2.75, 3.05) is 5.32 Å². The molecule has 1 amide bonds. The molecule has 92 valence electrons. The van der Waals surface area contributed by atoms with Gasteiger partial charge in [0.1, 0.15) is 6.17 Å². The van der Waals surface area contributed by atoms with Gasteiger partial charge in [-0.1, -0.05) is 12.1 Å². The molecule has 0 aliphatic carbocycles. The van der Waals surface area contributed by atoms with Crippen LogP contribution in [-0.4, -0.2) is 5.91 Å². The number of carbonyl (C=O) groups is 1. The first kappa shape index (κ1) is 11.3. The fourth-order valence-corrected chi connectivity index (χ4v) is 3.18. The van der Waals surface area contributed by atoms with E-state index in [9.17, 15) is 4.79 Å². The lowest BCUT2D eigenvalue weighted by Gasteiger charge is -2.28. The second-order valence-corrected chi connectivity index (χ2v) is 5.46. The Hall–Kier alpha value is -1.81. The summed E-state index contributed by atoms with van der Waals surface area (Å²) in [5, 5.41) is 8.47. The molecule has 18 heavy (non-hydrogen) atoms. The molecular weight excluding hydrogens is 244 g/mol. The number of aryl methyl sites for hydroxylation is 2. The van der Waals surface area contributed by atoms with Gasteiger partial charge in [0.25, 0.3) is 5.91 Å². The van der Waals surface area contributed by atoms with Crippen LogP contribution in [0.25, 0.3) is 0 Å². The fraction of sp³-hybridized carbons (Fsp3) is 0.214. The molecule has 3 rings (SSSR count). The molecule has 1 aliphatic rings. The van der Waals surface area contributed by atoms with Gasteiger partial charge in [-0.2, -0.15) is 0 Å². The minimum atomic E-state index is -0.119. The van der Waals surface area contributed by atoms with Crippen LogP contribution in [-0.2, 0) is 0 Å². The van der Waals surface area contributed by atoms with E-state index >= 15 is 0 Å². The molecule has 2 aromatic rings. The third-order valence-corrected chi connectivity index (χ3v) is 4.33. The predicted octanol–water partition coefficient (Wildman–Crippen LogP) is 3.22. The van der Waals surface area contributed by atoms with E-state index in [1.807, 2.05) is 30.5 Å². The number of amides is 1.